The summed E-state index contributed by atoms with van der Waals surface area (Å²) in [6.07, 6.45) is 1.32. The second kappa shape index (κ2) is 8.93. The number of hydrogen-bond donors (Lipinski definition) is 2. The van der Waals surface area contributed by atoms with Gasteiger partial charge in [0.15, 0.2) is 0 Å². The van der Waals surface area contributed by atoms with Gasteiger partial charge in [0.05, 0.1) is 6.04 Å². The predicted molar refractivity (Wildman–Crippen MR) is 81.4 cm³/mol. The molecule has 0 aromatic heterocycles. The van der Waals surface area contributed by atoms with Gasteiger partial charge in [-0.1, -0.05) is 48.6 Å². The van der Waals surface area contributed by atoms with E-state index in [1.54, 1.807) is 6.08 Å². The highest BCUT2D eigenvalue weighted by Crippen LogP contribution is 2.02. The van der Waals surface area contributed by atoms with Crippen molar-refractivity contribution in [3.8, 4) is 0 Å². The Labute approximate surface area is 120 Å². The fraction of sp³-hybridized carbons (Fsp3) is 0.312. The standard InChI is InChI=1S/C16H22N2O2/c1-4-10-17-11-15(13(2)3)18-16(19)20-12-14-8-6-5-7-9-14/h4-9,15,17H,1-2,10-12H2,3H3,(H,18,19)/t15-/m1/s1. The van der Waals surface area contributed by atoms with E-state index in [4.69, 9.17) is 4.74 Å². The molecule has 1 amide bonds. The number of ether oxygens (including phenoxy) is 1. The van der Waals surface area contributed by atoms with Crippen LogP contribution in [0.15, 0.2) is 55.1 Å². The number of amides is 1. The third kappa shape index (κ3) is 6.20. The van der Waals surface area contributed by atoms with E-state index in [1.807, 2.05) is 37.3 Å². The summed E-state index contributed by atoms with van der Waals surface area (Å²) < 4.78 is 5.18. The van der Waals surface area contributed by atoms with Gasteiger partial charge >= 0.3 is 6.09 Å². The zero-order chi connectivity index (χ0) is 14.8. The Hall–Kier alpha value is -2.07. The van der Waals surface area contributed by atoms with Crippen molar-refractivity contribution in [3.05, 3.63) is 60.7 Å². The first kappa shape index (κ1) is 16.0. The van der Waals surface area contributed by atoms with Crippen LogP contribution in [0.25, 0.3) is 0 Å². The van der Waals surface area contributed by atoms with E-state index in [0.29, 0.717) is 13.1 Å². The Bertz CT molecular complexity index is 443. The monoisotopic (exact) mass is 274 g/mol. The molecule has 0 radical (unpaired) electrons. The highest BCUT2D eigenvalue weighted by Gasteiger charge is 2.13. The molecule has 0 aliphatic carbocycles. The molecule has 0 saturated heterocycles. The molecule has 1 atom stereocenters. The number of nitrogens with one attached hydrogen (secondary N) is 2. The third-order valence-electron chi connectivity index (χ3n) is 2.74. The first-order valence-electron chi connectivity index (χ1n) is 6.57. The fourth-order valence-electron chi connectivity index (χ4n) is 1.59. The molecule has 2 N–H and O–H groups in total. The summed E-state index contributed by atoms with van der Waals surface area (Å²) in [6, 6.07) is 9.41. The molecule has 0 bridgehead atoms. The van der Waals surface area contributed by atoms with Gasteiger partial charge < -0.3 is 15.4 Å². The third-order valence-corrected chi connectivity index (χ3v) is 2.74. The van der Waals surface area contributed by atoms with E-state index in [9.17, 15) is 4.79 Å². The van der Waals surface area contributed by atoms with Crippen LogP contribution in [0.1, 0.15) is 12.5 Å². The van der Waals surface area contributed by atoms with Crippen LogP contribution in [-0.4, -0.2) is 25.2 Å². The molecule has 1 aromatic carbocycles. The van der Waals surface area contributed by atoms with Crippen molar-refractivity contribution in [1.82, 2.24) is 10.6 Å². The Balaban J connectivity index is 2.37. The van der Waals surface area contributed by atoms with Crippen LogP contribution in [0.2, 0.25) is 0 Å². The number of carbonyl (C=O) groups excluding carboxylic acids is 1. The molecule has 108 valence electrons. The van der Waals surface area contributed by atoms with Gasteiger partial charge in [0.1, 0.15) is 6.61 Å². The van der Waals surface area contributed by atoms with E-state index in [2.05, 4.69) is 23.8 Å². The molecule has 0 spiro atoms. The lowest BCUT2D eigenvalue weighted by atomic mass is 10.1. The summed E-state index contributed by atoms with van der Waals surface area (Å²) in [5.74, 6) is 0. The summed E-state index contributed by atoms with van der Waals surface area (Å²) in [6.45, 7) is 10.9. The number of alkyl carbamates (subject to hydrolysis) is 1. The minimum absolute atomic E-state index is 0.154. The maximum atomic E-state index is 11.7. The van der Waals surface area contributed by atoms with Crippen molar-refractivity contribution in [2.24, 2.45) is 0 Å². The van der Waals surface area contributed by atoms with Crippen molar-refractivity contribution in [2.45, 2.75) is 19.6 Å². The van der Waals surface area contributed by atoms with Gasteiger partial charge in [0.25, 0.3) is 0 Å². The lowest BCUT2D eigenvalue weighted by Crippen LogP contribution is -2.42. The maximum absolute atomic E-state index is 11.7. The first-order valence-corrected chi connectivity index (χ1v) is 6.57. The molecule has 0 unspecified atom stereocenters. The molecule has 0 fully saturated rings. The summed E-state index contributed by atoms with van der Waals surface area (Å²) in [5.41, 5.74) is 1.83. The van der Waals surface area contributed by atoms with Crippen molar-refractivity contribution in [2.75, 3.05) is 13.1 Å². The van der Waals surface area contributed by atoms with Gasteiger partial charge in [-0.2, -0.15) is 0 Å². The number of rotatable bonds is 8. The van der Waals surface area contributed by atoms with Crippen molar-refractivity contribution in [1.29, 1.82) is 0 Å². The molecule has 4 nitrogen and oxygen atoms in total. The van der Waals surface area contributed by atoms with E-state index < -0.39 is 6.09 Å². The zero-order valence-corrected chi connectivity index (χ0v) is 11.9. The Morgan fingerprint density at radius 3 is 2.70 bits per heavy atom. The molecular weight excluding hydrogens is 252 g/mol. The largest absolute Gasteiger partial charge is 0.445 e. The highest BCUT2D eigenvalue weighted by atomic mass is 16.5. The van der Waals surface area contributed by atoms with Crippen LogP contribution >= 0.6 is 0 Å². The fourth-order valence-corrected chi connectivity index (χ4v) is 1.59. The van der Waals surface area contributed by atoms with Gasteiger partial charge in [-0.05, 0) is 12.5 Å². The summed E-state index contributed by atoms with van der Waals surface area (Å²) in [4.78, 5) is 11.7. The van der Waals surface area contributed by atoms with Gasteiger partial charge in [-0.15, -0.1) is 6.58 Å². The minimum Gasteiger partial charge on any atom is -0.445 e. The van der Waals surface area contributed by atoms with Crippen molar-refractivity contribution < 1.29 is 9.53 Å². The molecule has 1 rings (SSSR count). The van der Waals surface area contributed by atoms with Crippen LogP contribution in [0.3, 0.4) is 0 Å². The smallest absolute Gasteiger partial charge is 0.407 e. The molecule has 0 saturated carbocycles. The molecule has 1 aromatic rings. The highest BCUT2D eigenvalue weighted by molar-refractivity contribution is 5.68. The van der Waals surface area contributed by atoms with Crippen LogP contribution in [0.4, 0.5) is 4.79 Å². The molecule has 0 aliphatic heterocycles. The van der Waals surface area contributed by atoms with E-state index in [1.165, 1.54) is 0 Å². The van der Waals surface area contributed by atoms with Crippen molar-refractivity contribution in [3.63, 3.8) is 0 Å². The Morgan fingerprint density at radius 1 is 1.40 bits per heavy atom. The lowest BCUT2D eigenvalue weighted by molar-refractivity contribution is 0.137. The average molecular weight is 274 g/mol. The normalized spacial score (nSPS) is 11.4. The number of carbonyl (C=O) groups is 1. The maximum Gasteiger partial charge on any atom is 0.407 e. The lowest BCUT2D eigenvalue weighted by Gasteiger charge is -2.19. The average Bonchev–Trinajstić information content (AvgIpc) is 2.45. The van der Waals surface area contributed by atoms with Crippen molar-refractivity contribution >= 4 is 6.09 Å². The molecule has 20 heavy (non-hydrogen) atoms. The SMILES string of the molecule is C=CCNC[C@@H](NC(=O)OCc1ccccc1)C(=C)C. The van der Waals surface area contributed by atoms with E-state index in [-0.39, 0.29) is 12.6 Å². The topological polar surface area (TPSA) is 50.4 Å². The zero-order valence-electron chi connectivity index (χ0n) is 11.9. The minimum atomic E-state index is -0.442. The van der Waals surface area contributed by atoms with E-state index in [0.717, 1.165) is 11.1 Å². The summed E-state index contributed by atoms with van der Waals surface area (Å²) in [5, 5.41) is 5.93. The van der Waals surface area contributed by atoms with Crippen LogP contribution < -0.4 is 10.6 Å². The first-order chi connectivity index (χ1) is 9.63. The molecule has 4 heteroatoms. The summed E-state index contributed by atoms with van der Waals surface area (Å²) in [7, 11) is 0. The van der Waals surface area contributed by atoms with Crippen LogP contribution in [-0.2, 0) is 11.3 Å². The van der Waals surface area contributed by atoms with Crippen LogP contribution in [0, 0.1) is 0 Å². The Kier molecular flexibility index (Phi) is 7.14. The molecule has 0 heterocycles. The van der Waals surface area contributed by atoms with Crippen LogP contribution in [0.5, 0.6) is 0 Å². The summed E-state index contributed by atoms with van der Waals surface area (Å²) >= 11 is 0. The second-order valence-corrected chi connectivity index (χ2v) is 4.55. The van der Waals surface area contributed by atoms with E-state index >= 15 is 0 Å². The quantitative estimate of drug-likeness (QED) is 0.566. The van der Waals surface area contributed by atoms with Gasteiger partial charge in [0, 0.05) is 13.1 Å². The molecular formula is C16H22N2O2. The Morgan fingerprint density at radius 2 is 2.10 bits per heavy atom. The second-order valence-electron chi connectivity index (χ2n) is 4.55. The number of benzene rings is 1. The predicted octanol–water partition coefficient (Wildman–Crippen LogP) is 2.63. The number of hydrogen-bond acceptors (Lipinski definition) is 3. The molecule has 0 aliphatic rings. The van der Waals surface area contributed by atoms with Gasteiger partial charge in [0.2, 0.25) is 0 Å². The van der Waals surface area contributed by atoms with Gasteiger partial charge in [-0.25, -0.2) is 4.79 Å². The van der Waals surface area contributed by atoms with Gasteiger partial charge in [-0.3, -0.25) is 0 Å².